The number of carbonyl (C=O) groups excluding carboxylic acids is 1. The second kappa shape index (κ2) is 8.57. The molecule has 0 aliphatic rings. The van der Waals surface area contributed by atoms with Crippen LogP contribution in [0.15, 0.2) is 60.8 Å². The van der Waals surface area contributed by atoms with E-state index in [0.29, 0.717) is 22.6 Å². The van der Waals surface area contributed by atoms with Crippen LogP contribution in [0.2, 0.25) is 0 Å². The molecule has 10 heteroatoms. The molecule has 2 aromatic carbocycles. The molecule has 2 aromatic heterocycles. The average Bonchev–Trinajstić information content (AvgIpc) is 3.15. The molecule has 170 valence electrons. The molecule has 0 spiro atoms. The first-order chi connectivity index (χ1) is 15.6. The summed E-state index contributed by atoms with van der Waals surface area (Å²) in [6.45, 7) is 1.35. The molecule has 33 heavy (non-hydrogen) atoms. The molecule has 4 aromatic rings. The van der Waals surface area contributed by atoms with Crippen molar-refractivity contribution >= 4 is 28.4 Å². The number of alkyl halides is 3. The zero-order chi connectivity index (χ0) is 23.8. The van der Waals surface area contributed by atoms with E-state index in [0.717, 1.165) is 17.0 Å². The Morgan fingerprint density at radius 1 is 1.09 bits per heavy atom. The number of anilines is 2. The molecular formula is C23H20F3N5O2. The van der Waals surface area contributed by atoms with E-state index >= 15 is 0 Å². The van der Waals surface area contributed by atoms with Crippen molar-refractivity contribution in [1.29, 1.82) is 0 Å². The molecule has 7 nitrogen and oxygen atoms in total. The normalized spacial score (nSPS) is 12.5. The standard InChI is InChI=1S/C23H20F3N5O2/c1-12-4-7-15(11-17(12)23(24,25)26)30-22(33)29-14-8-5-13(6-9-14)18-16-3-2-10-28-21(16)31-19(18)20(27)32/h2-11,20,32H,27H2,1H3,(H,28,31)(H2,29,30,33). The van der Waals surface area contributed by atoms with Crippen molar-refractivity contribution in [2.75, 3.05) is 10.6 Å². The number of H-pyrrole nitrogens is 1. The third-order valence-corrected chi connectivity index (χ3v) is 5.13. The summed E-state index contributed by atoms with van der Waals surface area (Å²) in [7, 11) is 0. The summed E-state index contributed by atoms with van der Waals surface area (Å²) < 4.78 is 39.3. The van der Waals surface area contributed by atoms with Crippen LogP contribution in [-0.2, 0) is 6.18 Å². The lowest BCUT2D eigenvalue weighted by atomic mass is 10.0. The number of aliphatic hydroxyl groups excluding tert-OH is 1. The van der Waals surface area contributed by atoms with Gasteiger partial charge in [0.2, 0.25) is 0 Å². The highest BCUT2D eigenvalue weighted by molar-refractivity contribution is 6.00. The van der Waals surface area contributed by atoms with Gasteiger partial charge in [0.05, 0.1) is 11.3 Å². The van der Waals surface area contributed by atoms with Crippen LogP contribution in [0.3, 0.4) is 0 Å². The highest BCUT2D eigenvalue weighted by Gasteiger charge is 2.32. The van der Waals surface area contributed by atoms with Gasteiger partial charge in [0.1, 0.15) is 11.9 Å². The number of carbonyl (C=O) groups is 1. The molecule has 2 heterocycles. The molecule has 4 rings (SSSR count). The number of rotatable bonds is 4. The number of aromatic nitrogens is 2. The van der Waals surface area contributed by atoms with Crippen LogP contribution in [0, 0.1) is 6.92 Å². The molecule has 0 radical (unpaired) electrons. The number of amides is 2. The van der Waals surface area contributed by atoms with Crippen LogP contribution < -0.4 is 16.4 Å². The number of halogens is 3. The first-order valence-electron chi connectivity index (χ1n) is 9.90. The third kappa shape index (κ3) is 4.66. The van der Waals surface area contributed by atoms with Gasteiger partial charge in [-0.2, -0.15) is 13.2 Å². The minimum Gasteiger partial charge on any atom is -0.373 e. The van der Waals surface area contributed by atoms with Crippen molar-refractivity contribution in [2.45, 2.75) is 19.3 Å². The molecule has 1 atom stereocenters. The number of aromatic amines is 1. The van der Waals surface area contributed by atoms with Crippen molar-refractivity contribution in [3.8, 4) is 11.1 Å². The lowest BCUT2D eigenvalue weighted by Crippen LogP contribution is -2.20. The lowest BCUT2D eigenvalue weighted by molar-refractivity contribution is -0.138. The SMILES string of the molecule is Cc1ccc(NC(=O)Nc2ccc(-c3c(C(N)O)[nH]c4ncccc34)cc2)cc1C(F)(F)F. The Bertz CT molecular complexity index is 1310. The number of aliphatic hydroxyl groups is 1. The van der Waals surface area contributed by atoms with Gasteiger partial charge in [-0.05, 0) is 54.4 Å². The van der Waals surface area contributed by atoms with Crippen molar-refractivity contribution in [3.05, 3.63) is 77.6 Å². The average molecular weight is 455 g/mol. The van der Waals surface area contributed by atoms with Crippen molar-refractivity contribution < 1.29 is 23.1 Å². The summed E-state index contributed by atoms with van der Waals surface area (Å²) in [6, 6.07) is 13.2. The summed E-state index contributed by atoms with van der Waals surface area (Å²) >= 11 is 0. The monoisotopic (exact) mass is 455 g/mol. The number of urea groups is 1. The van der Waals surface area contributed by atoms with Crippen LogP contribution in [0.1, 0.15) is 23.0 Å². The van der Waals surface area contributed by atoms with E-state index in [1.807, 2.05) is 6.07 Å². The second-order valence-electron chi connectivity index (χ2n) is 7.44. The Labute approximate surface area is 186 Å². The molecule has 0 saturated heterocycles. The van der Waals surface area contributed by atoms with E-state index in [1.165, 1.54) is 19.1 Å². The Kier molecular flexibility index (Phi) is 5.79. The van der Waals surface area contributed by atoms with Crippen LogP contribution in [0.25, 0.3) is 22.2 Å². The molecule has 0 bridgehead atoms. The van der Waals surface area contributed by atoms with Gasteiger partial charge in [-0.3, -0.25) is 0 Å². The Morgan fingerprint density at radius 2 is 1.76 bits per heavy atom. The Hall–Kier alpha value is -3.89. The molecule has 2 amide bonds. The van der Waals surface area contributed by atoms with Gasteiger partial charge >= 0.3 is 12.2 Å². The van der Waals surface area contributed by atoms with Gasteiger partial charge in [-0.1, -0.05) is 18.2 Å². The van der Waals surface area contributed by atoms with Gasteiger partial charge in [-0.15, -0.1) is 0 Å². The molecule has 0 saturated carbocycles. The molecule has 0 fully saturated rings. The van der Waals surface area contributed by atoms with E-state index in [1.54, 1.807) is 36.5 Å². The summed E-state index contributed by atoms with van der Waals surface area (Å²) in [6.07, 6.45) is -4.14. The predicted molar refractivity (Wildman–Crippen MR) is 119 cm³/mol. The minimum atomic E-state index is -4.51. The maximum atomic E-state index is 13.1. The van der Waals surface area contributed by atoms with Crippen molar-refractivity contribution in [3.63, 3.8) is 0 Å². The number of pyridine rings is 1. The summed E-state index contributed by atoms with van der Waals surface area (Å²) in [4.78, 5) is 19.5. The van der Waals surface area contributed by atoms with E-state index in [2.05, 4.69) is 20.6 Å². The van der Waals surface area contributed by atoms with Crippen LogP contribution >= 0.6 is 0 Å². The van der Waals surface area contributed by atoms with Crippen LogP contribution in [-0.4, -0.2) is 21.1 Å². The van der Waals surface area contributed by atoms with Gasteiger partial charge in [0.15, 0.2) is 0 Å². The predicted octanol–water partition coefficient (Wildman–Crippen LogP) is 5.15. The minimum absolute atomic E-state index is 0.0231. The highest BCUT2D eigenvalue weighted by Crippen LogP contribution is 2.35. The summed E-state index contributed by atoms with van der Waals surface area (Å²) in [5.41, 5.74) is 7.79. The maximum absolute atomic E-state index is 13.1. The largest absolute Gasteiger partial charge is 0.416 e. The molecular weight excluding hydrogens is 435 g/mol. The number of aryl methyl sites for hydroxylation is 1. The van der Waals surface area contributed by atoms with Gasteiger partial charge < -0.3 is 26.5 Å². The zero-order valence-electron chi connectivity index (χ0n) is 17.4. The van der Waals surface area contributed by atoms with Gasteiger partial charge in [0.25, 0.3) is 0 Å². The molecule has 6 N–H and O–H groups in total. The van der Waals surface area contributed by atoms with E-state index < -0.39 is 24.0 Å². The van der Waals surface area contributed by atoms with Crippen LogP contribution in [0.4, 0.5) is 29.3 Å². The van der Waals surface area contributed by atoms with Crippen molar-refractivity contribution in [1.82, 2.24) is 9.97 Å². The molecule has 1 unspecified atom stereocenters. The number of hydrogen-bond acceptors (Lipinski definition) is 4. The second-order valence-corrected chi connectivity index (χ2v) is 7.44. The van der Waals surface area contributed by atoms with Gasteiger partial charge in [-0.25, -0.2) is 9.78 Å². The first-order valence-corrected chi connectivity index (χ1v) is 9.90. The smallest absolute Gasteiger partial charge is 0.373 e. The summed E-state index contributed by atoms with van der Waals surface area (Å²) in [5.74, 6) is 0. The topological polar surface area (TPSA) is 116 Å². The fraction of sp³-hybridized carbons (Fsp3) is 0.130. The Balaban J connectivity index is 1.53. The first kappa shape index (κ1) is 22.3. The Morgan fingerprint density at radius 3 is 2.42 bits per heavy atom. The zero-order valence-corrected chi connectivity index (χ0v) is 17.4. The number of nitrogens with zero attached hydrogens (tertiary/aromatic N) is 1. The lowest BCUT2D eigenvalue weighted by Gasteiger charge is -2.13. The fourth-order valence-electron chi connectivity index (χ4n) is 3.59. The number of hydrogen-bond donors (Lipinski definition) is 5. The van der Waals surface area contributed by atoms with Gasteiger partial charge in [0, 0.05) is 28.5 Å². The quantitative estimate of drug-likeness (QED) is 0.274. The number of fused-ring (bicyclic) bond motifs is 1. The van der Waals surface area contributed by atoms with E-state index in [4.69, 9.17) is 5.73 Å². The third-order valence-electron chi connectivity index (χ3n) is 5.13. The number of nitrogens with two attached hydrogens (primary N) is 1. The van der Waals surface area contributed by atoms with E-state index in [-0.39, 0.29) is 11.3 Å². The fourth-order valence-corrected chi connectivity index (χ4v) is 3.59. The van der Waals surface area contributed by atoms with Crippen LogP contribution in [0.5, 0.6) is 0 Å². The number of benzene rings is 2. The van der Waals surface area contributed by atoms with Crippen molar-refractivity contribution in [2.24, 2.45) is 5.73 Å². The molecule has 0 aliphatic heterocycles. The van der Waals surface area contributed by atoms with E-state index in [9.17, 15) is 23.1 Å². The number of nitrogens with one attached hydrogen (secondary N) is 3. The maximum Gasteiger partial charge on any atom is 0.416 e. The summed E-state index contributed by atoms with van der Waals surface area (Å²) in [5, 5.41) is 15.7. The molecule has 0 aliphatic carbocycles. The highest BCUT2D eigenvalue weighted by atomic mass is 19.4.